The van der Waals surface area contributed by atoms with Crippen molar-refractivity contribution >= 4 is 18.4 Å². The van der Waals surface area contributed by atoms with E-state index in [1.165, 1.54) is 14.2 Å². The Morgan fingerprint density at radius 2 is 1.58 bits per heavy atom. The minimum Gasteiger partial charge on any atom is -0.502 e. The van der Waals surface area contributed by atoms with Gasteiger partial charge < -0.3 is 28.8 Å². The van der Waals surface area contributed by atoms with E-state index in [1.807, 2.05) is 20.2 Å². The number of fused-ring (bicyclic) bond motifs is 3. The van der Waals surface area contributed by atoms with E-state index in [0.717, 1.165) is 35.4 Å². The van der Waals surface area contributed by atoms with Crippen molar-refractivity contribution < 1.29 is 33.6 Å². The Bertz CT molecular complexity index is 1120. The van der Waals surface area contributed by atoms with Gasteiger partial charge in [0.15, 0.2) is 23.0 Å². The Morgan fingerprint density at radius 1 is 0.972 bits per heavy atom. The third-order valence-electron chi connectivity index (χ3n) is 7.65. The molecule has 196 valence electrons. The summed E-state index contributed by atoms with van der Waals surface area (Å²) >= 11 is 0. The van der Waals surface area contributed by atoms with Gasteiger partial charge in [-0.15, -0.1) is 12.4 Å². The van der Waals surface area contributed by atoms with Gasteiger partial charge in [-0.25, -0.2) is 10.0 Å². The van der Waals surface area contributed by atoms with Crippen molar-refractivity contribution in [2.45, 2.75) is 18.3 Å². The van der Waals surface area contributed by atoms with Gasteiger partial charge in [0.2, 0.25) is 12.5 Å². The fraction of sp³-hybridized carbons (Fsp3) is 0.500. The van der Waals surface area contributed by atoms with Crippen LogP contribution in [0.25, 0.3) is 0 Å². The van der Waals surface area contributed by atoms with E-state index >= 15 is 0 Å². The van der Waals surface area contributed by atoms with Gasteiger partial charge in [-0.05, 0) is 53.3 Å². The summed E-state index contributed by atoms with van der Waals surface area (Å²) in [7, 11) is 9.07. The first-order valence-electron chi connectivity index (χ1n) is 11.8. The molecule has 0 aromatic heterocycles. The lowest BCUT2D eigenvalue weighted by molar-refractivity contribution is -0.141. The van der Waals surface area contributed by atoms with Crippen LogP contribution in [-0.4, -0.2) is 76.4 Å². The second-order valence-electron chi connectivity index (χ2n) is 9.53. The van der Waals surface area contributed by atoms with Gasteiger partial charge in [0.25, 0.3) is 0 Å². The molecule has 0 radical (unpaired) electrons. The highest BCUT2D eigenvalue weighted by molar-refractivity contribution is 5.85. The maximum absolute atomic E-state index is 13.2. The van der Waals surface area contributed by atoms with E-state index in [-0.39, 0.29) is 54.6 Å². The molecule has 1 N–H and O–H groups in total. The monoisotopic (exact) mass is 520 g/mol. The Balaban J connectivity index is 0.00000304. The van der Waals surface area contributed by atoms with Crippen LogP contribution in [-0.2, 0) is 9.53 Å². The molecule has 1 saturated heterocycles. The smallest absolute Gasteiger partial charge is 0.310 e. The molecule has 1 fully saturated rings. The molecule has 4 atom stereocenters. The van der Waals surface area contributed by atoms with E-state index in [9.17, 15) is 9.90 Å². The molecule has 36 heavy (non-hydrogen) atoms. The zero-order chi connectivity index (χ0) is 24.9. The number of esters is 1. The summed E-state index contributed by atoms with van der Waals surface area (Å²) in [6.45, 7) is 1.37. The van der Waals surface area contributed by atoms with Crippen LogP contribution in [0.4, 0.5) is 0 Å². The van der Waals surface area contributed by atoms with Crippen LogP contribution >= 0.6 is 12.4 Å². The van der Waals surface area contributed by atoms with E-state index in [1.54, 1.807) is 12.1 Å². The van der Waals surface area contributed by atoms with Gasteiger partial charge in [-0.2, -0.15) is 0 Å². The summed E-state index contributed by atoms with van der Waals surface area (Å²) < 4.78 is 28.0. The molecular formula is C26H33ClN2O7. The third-order valence-corrected chi connectivity index (χ3v) is 7.65. The summed E-state index contributed by atoms with van der Waals surface area (Å²) in [5, 5.41) is 14.7. The molecule has 10 heteroatoms. The molecule has 0 amide bonds. The van der Waals surface area contributed by atoms with Crippen molar-refractivity contribution in [2.75, 3.05) is 55.3 Å². The molecule has 2 aromatic carbocycles. The number of hydrazine groups is 1. The first-order chi connectivity index (χ1) is 16.8. The molecule has 2 aliphatic heterocycles. The lowest BCUT2D eigenvalue weighted by Crippen LogP contribution is -2.38. The quantitative estimate of drug-likeness (QED) is 0.436. The van der Waals surface area contributed by atoms with Crippen molar-refractivity contribution in [3.8, 4) is 28.7 Å². The first kappa shape index (κ1) is 26.2. The number of halogens is 1. The number of benzene rings is 2. The maximum atomic E-state index is 13.2. The average Bonchev–Trinajstić information content (AvgIpc) is 3.47. The molecule has 2 aromatic rings. The van der Waals surface area contributed by atoms with Gasteiger partial charge in [-0.1, -0.05) is 0 Å². The third kappa shape index (κ3) is 4.29. The first-order valence-corrected chi connectivity index (χ1v) is 11.8. The number of phenolic OH excluding ortho intramolecular Hbond substituents is 1. The molecule has 1 aliphatic carbocycles. The Labute approximate surface area is 217 Å². The van der Waals surface area contributed by atoms with Gasteiger partial charge >= 0.3 is 5.97 Å². The Morgan fingerprint density at radius 3 is 2.17 bits per heavy atom. The topological polar surface area (TPSA) is 89.9 Å². The molecule has 0 saturated carbocycles. The Hall–Kier alpha value is -2.88. The molecule has 0 spiro atoms. The fourth-order valence-electron chi connectivity index (χ4n) is 5.67. The van der Waals surface area contributed by atoms with Crippen molar-refractivity contribution in [2.24, 2.45) is 11.8 Å². The molecule has 3 aliphatic rings. The maximum Gasteiger partial charge on any atom is 0.310 e. The van der Waals surface area contributed by atoms with Crippen molar-refractivity contribution in [1.82, 2.24) is 10.0 Å². The summed E-state index contributed by atoms with van der Waals surface area (Å²) in [5.41, 5.74) is 2.95. The number of ether oxygens (including phenoxy) is 5. The molecule has 2 heterocycles. The number of rotatable bonds is 7. The lowest BCUT2D eigenvalue weighted by atomic mass is 9.62. The normalized spacial score (nSPS) is 23.7. The number of hydrogen-bond acceptors (Lipinski definition) is 9. The summed E-state index contributed by atoms with van der Waals surface area (Å²) in [4.78, 5) is 13.2. The second kappa shape index (κ2) is 10.2. The highest BCUT2D eigenvalue weighted by Crippen LogP contribution is 2.56. The van der Waals surface area contributed by atoms with Crippen LogP contribution in [0.5, 0.6) is 28.7 Å². The minimum absolute atomic E-state index is 0. The number of carbonyl (C=O) groups excluding carboxylic acids is 1. The average molecular weight is 521 g/mol. The van der Waals surface area contributed by atoms with Crippen LogP contribution in [0, 0.1) is 11.8 Å². The number of nitrogens with zero attached hydrogens (tertiary/aromatic N) is 2. The number of carbonyl (C=O) groups is 1. The SMILES string of the molecule is COc1cc([C@@H]2c3cc4c(cc3[C@@H](CCN(C)N(C)C)C3COC(=O)[C@@H]32)OCO4)cc(OC)c1O.Cl. The predicted molar refractivity (Wildman–Crippen MR) is 134 cm³/mol. The van der Waals surface area contributed by atoms with Crippen molar-refractivity contribution in [3.63, 3.8) is 0 Å². The van der Waals surface area contributed by atoms with E-state index in [2.05, 4.69) is 23.1 Å². The van der Waals surface area contributed by atoms with Crippen LogP contribution in [0.2, 0.25) is 0 Å². The second-order valence-corrected chi connectivity index (χ2v) is 9.53. The molecule has 5 rings (SSSR count). The highest BCUT2D eigenvalue weighted by atomic mass is 35.5. The zero-order valence-corrected chi connectivity index (χ0v) is 22.0. The molecular weight excluding hydrogens is 488 g/mol. The van der Waals surface area contributed by atoms with Crippen LogP contribution in [0.3, 0.4) is 0 Å². The van der Waals surface area contributed by atoms with E-state index in [4.69, 9.17) is 23.7 Å². The van der Waals surface area contributed by atoms with Crippen molar-refractivity contribution in [1.29, 1.82) is 0 Å². The predicted octanol–water partition coefficient (Wildman–Crippen LogP) is 3.38. The lowest BCUT2D eigenvalue weighted by Gasteiger charge is -2.40. The largest absolute Gasteiger partial charge is 0.502 e. The zero-order valence-electron chi connectivity index (χ0n) is 21.1. The van der Waals surface area contributed by atoms with Crippen LogP contribution < -0.4 is 18.9 Å². The highest BCUT2D eigenvalue weighted by Gasteiger charge is 2.52. The molecule has 0 bridgehead atoms. The summed E-state index contributed by atoms with van der Waals surface area (Å²) in [5.74, 6) is 1.10. The van der Waals surface area contributed by atoms with Gasteiger partial charge in [0.1, 0.15) is 0 Å². The number of phenols is 1. The van der Waals surface area contributed by atoms with E-state index in [0.29, 0.717) is 23.9 Å². The van der Waals surface area contributed by atoms with Gasteiger partial charge in [0.05, 0.1) is 26.7 Å². The van der Waals surface area contributed by atoms with Crippen molar-refractivity contribution in [3.05, 3.63) is 41.0 Å². The number of cyclic esters (lactones) is 1. The van der Waals surface area contributed by atoms with Gasteiger partial charge in [0, 0.05) is 39.5 Å². The molecule has 1 unspecified atom stereocenters. The van der Waals surface area contributed by atoms with E-state index < -0.39 is 0 Å². The summed E-state index contributed by atoms with van der Waals surface area (Å²) in [6.07, 6.45) is 0.855. The number of hydrogen-bond donors (Lipinski definition) is 1. The fourth-order valence-corrected chi connectivity index (χ4v) is 5.67. The standard InChI is InChI=1S/C26H32N2O7.ClH/c1-27(2)28(3)7-6-15-16-10-19-20(35-13-34-19)11-17(16)23(24-18(15)12-33-26(24)30)14-8-21(31-4)25(29)22(9-14)32-5;/h8-11,15,18,23-24,29H,6-7,12-13H2,1-5H3;1H/t15-,18?,23-,24+;/m1./s1. The number of methoxy groups -OCH3 is 2. The Kier molecular flexibility index (Phi) is 7.45. The number of aromatic hydroxyl groups is 1. The minimum atomic E-state index is -0.378. The van der Waals surface area contributed by atoms with Crippen LogP contribution in [0.15, 0.2) is 24.3 Å². The summed E-state index contributed by atoms with van der Waals surface area (Å²) in [6, 6.07) is 7.62. The van der Waals surface area contributed by atoms with Crippen LogP contribution in [0.1, 0.15) is 34.9 Å². The van der Waals surface area contributed by atoms with Gasteiger partial charge in [-0.3, -0.25) is 4.79 Å². The molecule has 9 nitrogen and oxygen atoms in total.